The van der Waals surface area contributed by atoms with Gasteiger partial charge in [0.2, 0.25) is 0 Å². The summed E-state index contributed by atoms with van der Waals surface area (Å²) < 4.78 is 5.72. The van der Waals surface area contributed by atoms with Crippen LogP contribution >= 0.6 is 6.83 Å². The first-order valence-corrected chi connectivity index (χ1v) is 9.08. The predicted octanol–water partition coefficient (Wildman–Crippen LogP) is 2.25. The number of rotatable bonds is 4. The van der Waals surface area contributed by atoms with Gasteiger partial charge in [0.1, 0.15) is 0 Å². The van der Waals surface area contributed by atoms with Crippen LogP contribution < -0.4 is 0 Å². The minimum atomic E-state index is -2.08. The maximum absolute atomic E-state index is 9.81. The van der Waals surface area contributed by atoms with E-state index in [1.807, 2.05) is 30.3 Å². The molecule has 0 spiro atoms. The molecule has 0 atom stereocenters. The van der Waals surface area contributed by atoms with Crippen LogP contribution in [0.2, 0.25) is 0 Å². The van der Waals surface area contributed by atoms with E-state index in [-0.39, 0.29) is 0 Å². The summed E-state index contributed by atoms with van der Waals surface area (Å²) in [5.74, 6) is 0. The third-order valence-corrected chi connectivity index (χ3v) is 2.88. The van der Waals surface area contributed by atoms with E-state index in [1.54, 1.807) is 0 Å². The van der Waals surface area contributed by atoms with Crippen LogP contribution in [0.15, 0.2) is 30.3 Å². The fourth-order valence-electron chi connectivity index (χ4n) is 1.34. The average molecular weight is 226 g/mol. The molecule has 1 N–H and O–H groups in total. The molecule has 0 fully saturated rings. The van der Waals surface area contributed by atoms with Gasteiger partial charge >= 0.3 is 92.3 Å². The molecule has 0 amide bonds. The SMILES string of the molecule is CP(C)(C)(C)OB(O)Cc1ccccc1. The first-order valence-electron chi connectivity index (χ1n) is 5.14. The van der Waals surface area contributed by atoms with Gasteiger partial charge in [-0.2, -0.15) is 0 Å². The van der Waals surface area contributed by atoms with Crippen LogP contribution in [0.4, 0.5) is 0 Å². The number of benzene rings is 1. The fraction of sp³-hybridized carbons (Fsp3) is 0.455. The summed E-state index contributed by atoms with van der Waals surface area (Å²) in [5.41, 5.74) is 1.10. The zero-order valence-electron chi connectivity index (χ0n) is 9.97. The third-order valence-electron chi connectivity index (χ3n) is 1.80. The van der Waals surface area contributed by atoms with Crippen LogP contribution in [-0.2, 0) is 10.8 Å². The van der Waals surface area contributed by atoms with Gasteiger partial charge in [0.05, 0.1) is 0 Å². The molecule has 0 saturated carbocycles. The van der Waals surface area contributed by atoms with Gasteiger partial charge in [0, 0.05) is 0 Å². The maximum atomic E-state index is 9.81. The van der Waals surface area contributed by atoms with Crippen LogP contribution in [0.3, 0.4) is 0 Å². The van der Waals surface area contributed by atoms with Crippen molar-refractivity contribution in [3.05, 3.63) is 35.9 Å². The summed E-state index contributed by atoms with van der Waals surface area (Å²) >= 11 is 0. The fourth-order valence-corrected chi connectivity index (χ4v) is 2.39. The van der Waals surface area contributed by atoms with Crippen LogP contribution in [0.25, 0.3) is 0 Å². The Balaban J connectivity index is 2.55. The Morgan fingerprint density at radius 3 is 2.13 bits per heavy atom. The summed E-state index contributed by atoms with van der Waals surface area (Å²) in [6.45, 7) is 6.25. The van der Waals surface area contributed by atoms with Gasteiger partial charge < -0.3 is 0 Å². The molecule has 0 heterocycles. The molecule has 15 heavy (non-hydrogen) atoms. The zero-order valence-corrected chi connectivity index (χ0v) is 10.9. The Kier molecular flexibility index (Phi) is 3.60. The second-order valence-electron chi connectivity index (χ2n) is 5.66. The molecule has 1 aromatic carbocycles. The van der Waals surface area contributed by atoms with Crippen molar-refractivity contribution in [2.45, 2.75) is 6.32 Å². The van der Waals surface area contributed by atoms with E-state index in [1.165, 1.54) is 0 Å². The molecule has 4 heteroatoms. The molecule has 0 aliphatic rings. The van der Waals surface area contributed by atoms with E-state index >= 15 is 0 Å². The molecule has 2 nitrogen and oxygen atoms in total. The van der Waals surface area contributed by atoms with Gasteiger partial charge in [-0.3, -0.25) is 0 Å². The summed E-state index contributed by atoms with van der Waals surface area (Å²) in [5, 5.41) is 9.81. The standard InChI is InChI=1S/C11H20BO2P/c1-15(2,3,4)14-12(13)10-11-8-6-5-7-9-11/h5-9,13H,10H2,1-4H3. The topological polar surface area (TPSA) is 29.5 Å². The van der Waals surface area contributed by atoms with Crippen molar-refractivity contribution in [1.29, 1.82) is 0 Å². The van der Waals surface area contributed by atoms with E-state index < -0.39 is 13.9 Å². The van der Waals surface area contributed by atoms with Gasteiger partial charge in [0.25, 0.3) is 0 Å². The quantitative estimate of drug-likeness (QED) is 0.630. The average Bonchev–Trinajstić information content (AvgIpc) is 2.00. The molecule has 0 saturated heterocycles. The van der Waals surface area contributed by atoms with Crippen molar-refractivity contribution >= 4 is 13.9 Å². The van der Waals surface area contributed by atoms with Crippen molar-refractivity contribution in [3.8, 4) is 0 Å². The molecule has 0 aliphatic carbocycles. The van der Waals surface area contributed by atoms with E-state index in [2.05, 4.69) is 26.7 Å². The second kappa shape index (κ2) is 4.25. The van der Waals surface area contributed by atoms with Crippen molar-refractivity contribution in [1.82, 2.24) is 0 Å². The summed E-state index contributed by atoms with van der Waals surface area (Å²) in [7, 11) is -0.699. The van der Waals surface area contributed by atoms with Crippen molar-refractivity contribution in [2.24, 2.45) is 0 Å². The molecule has 0 aromatic heterocycles. The monoisotopic (exact) mass is 226 g/mol. The molecule has 1 aromatic rings. The van der Waals surface area contributed by atoms with Gasteiger partial charge in [-0.1, -0.05) is 0 Å². The number of hydrogen-bond donors (Lipinski definition) is 1. The Hall–Kier alpha value is -0.365. The third kappa shape index (κ3) is 5.94. The van der Waals surface area contributed by atoms with Gasteiger partial charge in [-0.15, -0.1) is 0 Å². The molecule has 1 rings (SSSR count). The Labute approximate surface area is 92.8 Å². The molecular weight excluding hydrogens is 206 g/mol. The van der Waals surface area contributed by atoms with Gasteiger partial charge in [-0.05, 0) is 0 Å². The zero-order chi connectivity index (χ0) is 11.6. The summed E-state index contributed by atoms with van der Waals surface area (Å²) in [6, 6.07) is 9.90. The molecular formula is C11H20BO2P. The first kappa shape index (κ1) is 12.7. The molecule has 0 radical (unpaired) electrons. The van der Waals surface area contributed by atoms with E-state index in [4.69, 9.17) is 4.44 Å². The summed E-state index contributed by atoms with van der Waals surface area (Å²) in [6.07, 6.45) is 0.558. The summed E-state index contributed by atoms with van der Waals surface area (Å²) in [4.78, 5) is 0. The van der Waals surface area contributed by atoms with E-state index in [9.17, 15) is 5.02 Å². The normalized spacial score (nSPS) is 14.3. The molecule has 84 valence electrons. The minimum absolute atomic E-state index is 0.558. The van der Waals surface area contributed by atoms with Gasteiger partial charge in [0.15, 0.2) is 0 Å². The van der Waals surface area contributed by atoms with Crippen molar-refractivity contribution in [2.75, 3.05) is 26.7 Å². The second-order valence-corrected chi connectivity index (χ2v) is 12.7. The first-order chi connectivity index (χ1) is 6.72. The Bertz CT molecular complexity index is 309. The van der Waals surface area contributed by atoms with Crippen LogP contribution in [0.5, 0.6) is 0 Å². The molecule has 0 aliphatic heterocycles. The van der Waals surface area contributed by atoms with E-state index in [0.717, 1.165) is 5.56 Å². The Morgan fingerprint density at radius 2 is 1.67 bits per heavy atom. The van der Waals surface area contributed by atoms with Crippen molar-refractivity contribution < 1.29 is 9.47 Å². The van der Waals surface area contributed by atoms with E-state index in [0.29, 0.717) is 6.32 Å². The van der Waals surface area contributed by atoms with Gasteiger partial charge in [-0.25, -0.2) is 0 Å². The predicted molar refractivity (Wildman–Crippen MR) is 69.8 cm³/mol. The molecule has 0 unspecified atom stereocenters. The molecule has 0 bridgehead atoms. The van der Waals surface area contributed by atoms with Crippen LogP contribution in [0, 0.1) is 0 Å². The number of hydrogen-bond acceptors (Lipinski definition) is 2. The Morgan fingerprint density at radius 1 is 1.13 bits per heavy atom. The van der Waals surface area contributed by atoms with Crippen LogP contribution in [0.1, 0.15) is 5.56 Å². The van der Waals surface area contributed by atoms with Crippen LogP contribution in [-0.4, -0.2) is 38.8 Å². The van der Waals surface area contributed by atoms with Crippen molar-refractivity contribution in [3.63, 3.8) is 0 Å².